The molecule has 112 valence electrons. The molecule has 0 radical (unpaired) electrons. The van der Waals surface area contributed by atoms with Gasteiger partial charge in [0.1, 0.15) is 0 Å². The van der Waals surface area contributed by atoms with Gasteiger partial charge < -0.3 is 9.27 Å². The molecule has 1 unspecified atom stereocenters. The number of nitrogens with zero attached hydrogens (tertiary/aromatic N) is 2. The minimum atomic E-state index is -2.39. The van der Waals surface area contributed by atoms with Crippen LogP contribution in [0, 0.1) is 0 Å². The Labute approximate surface area is 128 Å². The Balaban J connectivity index is 2.25. The fourth-order valence-electron chi connectivity index (χ4n) is 2.34. The number of aryl methyl sites for hydroxylation is 1. The van der Waals surface area contributed by atoms with Crippen LogP contribution in [-0.2, 0) is 18.3 Å². The number of anilines is 1. The van der Waals surface area contributed by atoms with Crippen LogP contribution >= 0.6 is 0 Å². The van der Waals surface area contributed by atoms with Gasteiger partial charge in [0.2, 0.25) is 0 Å². The SMILES string of the molecule is Cn1nc(-c2cccc(NS(=O)[O-])c2)c2ccccc2c1=O. The molecule has 1 atom stereocenters. The minimum Gasteiger partial charge on any atom is -0.755 e. The third-order valence-electron chi connectivity index (χ3n) is 3.29. The lowest BCUT2D eigenvalue weighted by Gasteiger charge is -2.11. The van der Waals surface area contributed by atoms with Crippen molar-refractivity contribution in [1.82, 2.24) is 9.78 Å². The second kappa shape index (κ2) is 5.70. The van der Waals surface area contributed by atoms with Gasteiger partial charge in [-0.25, -0.2) is 4.68 Å². The molecule has 7 heteroatoms. The topological polar surface area (TPSA) is 87.1 Å². The maximum Gasteiger partial charge on any atom is 0.274 e. The van der Waals surface area contributed by atoms with Crippen molar-refractivity contribution in [2.75, 3.05) is 4.72 Å². The van der Waals surface area contributed by atoms with Crippen molar-refractivity contribution in [1.29, 1.82) is 0 Å². The summed E-state index contributed by atoms with van der Waals surface area (Å²) >= 11 is -2.39. The number of benzene rings is 2. The lowest BCUT2D eigenvalue weighted by Crippen LogP contribution is -2.20. The van der Waals surface area contributed by atoms with Crippen molar-refractivity contribution in [3.05, 3.63) is 58.9 Å². The Bertz CT molecular complexity index is 937. The summed E-state index contributed by atoms with van der Waals surface area (Å²) in [6.07, 6.45) is 0. The normalized spacial score (nSPS) is 12.3. The van der Waals surface area contributed by atoms with Gasteiger partial charge in [-0.05, 0) is 18.2 Å². The zero-order valence-electron chi connectivity index (χ0n) is 11.6. The first-order valence-corrected chi connectivity index (χ1v) is 7.56. The van der Waals surface area contributed by atoms with Crippen LogP contribution in [0.25, 0.3) is 22.0 Å². The fourth-order valence-corrected chi connectivity index (χ4v) is 2.66. The molecule has 1 heterocycles. The van der Waals surface area contributed by atoms with E-state index in [2.05, 4.69) is 9.82 Å². The molecule has 2 aromatic carbocycles. The Morgan fingerprint density at radius 1 is 1.14 bits per heavy atom. The molecule has 3 rings (SSSR count). The summed E-state index contributed by atoms with van der Waals surface area (Å²) in [5.74, 6) is 0. The second-order valence-corrected chi connectivity index (χ2v) is 5.41. The molecule has 0 amide bonds. The number of hydrogen-bond acceptors (Lipinski definition) is 4. The van der Waals surface area contributed by atoms with Crippen LogP contribution in [0.5, 0.6) is 0 Å². The van der Waals surface area contributed by atoms with E-state index in [1.54, 1.807) is 37.4 Å². The van der Waals surface area contributed by atoms with Gasteiger partial charge in [0, 0.05) is 35.0 Å². The molecule has 1 N–H and O–H groups in total. The maximum absolute atomic E-state index is 12.1. The van der Waals surface area contributed by atoms with Gasteiger partial charge in [-0.15, -0.1) is 0 Å². The lowest BCUT2D eigenvalue weighted by molar-refractivity contribution is 0.542. The minimum absolute atomic E-state index is 0.172. The number of hydrogen-bond donors (Lipinski definition) is 1. The van der Waals surface area contributed by atoms with Gasteiger partial charge in [0.05, 0.1) is 11.1 Å². The molecule has 0 aliphatic heterocycles. The highest BCUT2D eigenvalue weighted by Crippen LogP contribution is 2.26. The summed E-state index contributed by atoms with van der Waals surface area (Å²) in [5.41, 5.74) is 1.61. The van der Waals surface area contributed by atoms with Crippen molar-refractivity contribution in [3.63, 3.8) is 0 Å². The molecule has 0 saturated carbocycles. The predicted octanol–water partition coefficient (Wildman–Crippen LogP) is 1.81. The van der Waals surface area contributed by atoms with Crippen LogP contribution in [0.3, 0.4) is 0 Å². The van der Waals surface area contributed by atoms with E-state index in [9.17, 15) is 13.6 Å². The predicted molar refractivity (Wildman–Crippen MR) is 85.0 cm³/mol. The summed E-state index contributed by atoms with van der Waals surface area (Å²) in [6, 6.07) is 14.1. The van der Waals surface area contributed by atoms with Crippen molar-refractivity contribution < 1.29 is 8.76 Å². The van der Waals surface area contributed by atoms with Crippen LogP contribution in [-0.4, -0.2) is 18.5 Å². The number of aromatic nitrogens is 2. The number of rotatable bonds is 3. The largest absolute Gasteiger partial charge is 0.755 e. The molecular weight excluding hydrogens is 302 g/mol. The van der Waals surface area contributed by atoms with E-state index in [1.807, 2.05) is 18.2 Å². The molecular formula is C15H12N3O3S-. The highest BCUT2D eigenvalue weighted by molar-refractivity contribution is 7.80. The molecule has 0 fully saturated rings. The smallest absolute Gasteiger partial charge is 0.274 e. The molecule has 6 nitrogen and oxygen atoms in total. The molecule has 1 aromatic heterocycles. The monoisotopic (exact) mass is 314 g/mol. The van der Waals surface area contributed by atoms with Gasteiger partial charge in [-0.3, -0.25) is 9.00 Å². The lowest BCUT2D eigenvalue weighted by atomic mass is 10.0. The summed E-state index contributed by atoms with van der Waals surface area (Å²) in [7, 11) is 1.59. The van der Waals surface area contributed by atoms with Crippen molar-refractivity contribution in [2.45, 2.75) is 0 Å². The average molecular weight is 314 g/mol. The van der Waals surface area contributed by atoms with Crippen LogP contribution in [0.2, 0.25) is 0 Å². The Hall–Kier alpha value is -2.51. The molecule has 0 aliphatic rings. The first-order valence-electron chi connectivity index (χ1n) is 6.48. The molecule has 22 heavy (non-hydrogen) atoms. The summed E-state index contributed by atoms with van der Waals surface area (Å²) in [6.45, 7) is 0. The fraction of sp³-hybridized carbons (Fsp3) is 0.0667. The van der Waals surface area contributed by atoms with Crippen molar-refractivity contribution >= 4 is 27.7 Å². The van der Waals surface area contributed by atoms with E-state index in [0.29, 0.717) is 16.8 Å². The van der Waals surface area contributed by atoms with Crippen LogP contribution in [0.15, 0.2) is 53.3 Å². The summed E-state index contributed by atoms with van der Waals surface area (Å²) in [5, 5.41) is 5.61. The summed E-state index contributed by atoms with van der Waals surface area (Å²) in [4.78, 5) is 12.1. The Morgan fingerprint density at radius 2 is 1.86 bits per heavy atom. The van der Waals surface area contributed by atoms with Gasteiger partial charge >= 0.3 is 0 Å². The van der Waals surface area contributed by atoms with E-state index in [1.165, 1.54) is 4.68 Å². The van der Waals surface area contributed by atoms with E-state index < -0.39 is 11.3 Å². The highest BCUT2D eigenvalue weighted by Gasteiger charge is 2.10. The maximum atomic E-state index is 12.1. The van der Waals surface area contributed by atoms with Crippen molar-refractivity contribution in [2.24, 2.45) is 7.05 Å². The van der Waals surface area contributed by atoms with E-state index in [-0.39, 0.29) is 5.56 Å². The summed E-state index contributed by atoms with van der Waals surface area (Å²) < 4.78 is 25.1. The van der Waals surface area contributed by atoms with Crippen LogP contribution in [0.1, 0.15) is 0 Å². The van der Waals surface area contributed by atoms with Crippen LogP contribution in [0.4, 0.5) is 5.69 Å². The van der Waals surface area contributed by atoms with Gasteiger partial charge in [0.25, 0.3) is 5.56 Å². The van der Waals surface area contributed by atoms with E-state index in [4.69, 9.17) is 0 Å². The Morgan fingerprint density at radius 3 is 2.59 bits per heavy atom. The van der Waals surface area contributed by atoms with Gasteiger partial charge in [0.15, 0.2) is 0 Å². The third-order valence-corrected chi connectivity index (χ3v) is 3.70. The van der Waals surface area contributed by atoms with E-state index >= 15 is 0 Å². The Kier molecular flexibility index (Phi) is 3.74. The quantitative estimate of drug-likeness (QED) is 0.747. The standard InChI is InChI=1S/C15H13N3O3S/c1-18-15(19)13-8-3-2-7-12(13)14(16-18)10-5-4-6-11(9-10)17-22(20)21/h2-9,17H,1H3,(H,20,21)/p-1. The third kappa shape index (κ3) is 2.63. The molecule has 0 bridgehead atoms. The zero-order chi connectivity index (χ0) is 15.7. The first-order chi connectivity index (χ1) is 10.6. The molecule has 3 aromatic rings. The van der Waals surface area contributed by atoms with E-state index in [0.717, 1.165) is 10.9 Å². The zero-order valence-corrected chi connectivity index (χ0v) is 12.5. The molecule has 0 saturated heterocycles. The van der Waals surface area contributed by atoms with Gasteiger partial charge in [-0.1, -0.05) is 30.3 Å². The highest BCUT2D eigenvalue weighted by atomic mass is 32.2. The first kappa shape index (κ1) is 14.4. The van der Waals surface area contributed by atoms with Crippen LogP contribution < -0.4 is 10.3 Å². The number of fused-ring (bicyclic) bond motifs is 1. The van der Waals surface area contributed by atoms with Crippen molar-refractivity contribution in [3.8, 4) is 11.3 Å². The molecule has 0 spiro atoms. The van der Waals surface area contributed by atoms with Gasteiger partial charge in [-0.2, -0.15) is 5.10 Å². The average Bonchev–Trinajstić information content (AvgIpc) is 2.50. The molecule has 0 aliphatic carbocycles. The second-order valence-electron chi connectivity index (χ2n) is 4.74. The number of nitrogens with one attached hydrogen (secondary N) is 1.